The molecule has 1 aromatic rings. The molecule has 0 amide bonds. The average Bonchev–Trinajstić information content (AvgIpc) is 1.77. The molecule has 0 saturated carbocycles. The summed E-state index contributed by atoms with van der Waals surface area (Å²) in [5.74, 6) is 0. The van der Waals surface area contributed by atoms with Crippen LogP contribution in [0.4, 0.5) is 0 Å². The largest absolute Gasteiger partial charge is 1.00 e. The number of benzene rings is 1. The maximum atomic E-state index is 3.40. The predicted molar refractivity (Wildman–Crippen MR) is 40.0 cm³/mol. The van der Waals surface area contributed by atoms with Gasteiger partial charge < -0.3 is 1.43 Å². The fraction of sp³-hybridized carbons (Fsp3) is 0.143. The van der Waals surface area contributed by atoms with Crippen molar-refractivity contribution in [1.29, 1.82) is 0 Å². The van der Waals surface area contributed by atoms with E-state index in [4.69, 9.17) is 0 Å². The molecule has 0 unspecified atom stereocenters. The van der Waals surface area contributed by atoms with Crippen LogP contribution in [0.5, 0.6) is 0 Å². The normalized spacial score (nSPS) is 8.22. The Morgan fingerprint density at radius 3 is 2.22 bits per heavy atom. The zero-order valence-electron chi connectivity index (χ0n) is 6.69. The molecule has 0 bridgehead atoms. The third-order valence-corrected chi connectivity index (χ3v) is 1.97. The molecule has 1 aromatic carbocycles. The molecular weight excluding hydrogens is 187 g/mol. The van der Waals surface area contributed by atoms with Crippen LogP contribution in [0.2, 0.25) is 0 Å². The van der Waals surface area contributed by atoms with Crippen LogP contribution in [0.15, 0.2) is 28.7 Å². The molecule has 0 spiro atoms. The summed E-state index contributed by atoms with van der Waals surface area (Å²) in [4.78, 5) is 0. The maximum absolute atomic E-state index is 3.40. The van der Waals surface area contributed by atoms with Gasteiger partial charge in [-0.1, -0.05) is 34.1 Å². The molecule has 0 aliphatic carbocycles. The number of halogens is 1. The van der Waals surface area contributed by atoms with Crippen LogP contribution in [-0.4, -0.2) is 0 Å². The van der Waals surface area contributed by atoms with E-state index in [1.165, 1.54) is 10.0 Å². The van der Waals surface area contributed by atoms with Gasteiger partial charge in [-0.3, -0.25) is 0 Å². The molecule has 0 aliphatic rings. The van der Waals surface area contributed by atoms with E-state index in [0.717, 1.165) is 0 Å². The van der Waals surface area contributed by atoms with Crippen LogP contribution in [0.1, 0.15) is 6.99 Å². The summed E-state index contributed by atoms with van der Waals surface area (Å²) in [7, 11) is 0. The zero-order valence-corrected chi connectivity index (χ0v) is 9.27. The zero-order chi connectivity index (χ0) is 5.98. The predicted octanol–water partition coefficient (Wildman–Crippen LogP) is -0.126. The Hall–Kier alpha value is 0.700. The van der Waals surface area contributed by atoms with Gasteiger partial charge >= 0.3 is 29.6 Å². The standard InChI is InChI=1S/C7H7Br.Na.H/c1-6-4-2-3-5-7(6)8;;/h2-5H,1H3;;/q;+1;-1. The van der Waals surface area contributed by atoms with E-state index in [-0.39, 0.29) is 31.0 Å². The molecule has 0 N–H and O–H groups in total. The van der Waals surface area contributed by atoms with E-state index in [1.807, 2.05) is 18.2 Å². The molecule has 0 radical (unpaired) electrons. The molecule has 1 rings (SSSR count). The van der Waals surface area contributed by atoms with Crippen molar-refractivity contribution in [2.75, 3.05) is 0 Å². The quantitative estimate of drug-likeness (QED) is 0.506. The molecule has 0 heterocycles. The van der Waals surface area contributed by atoms with Gasteiger partial charge in [0.05, 0.1) is 0 Å². The van der Waals surface area contributed by atoms with Gasteiger partial charge in [0.1, 0.15) is 0 Å². The van der Waals surface area contributed by atoms with Gasteiger partial charge in [0.2, 0.25) is 0 Å². The van der Waals surface area contributed by atoms with Gasteiger partial charge in [0, 0.05) is 4.47 Å². The van der Waals surface area contributed by atoms with Crippen molar-refractivity contribution < 1.29 is 31.0 Å². The summed E-state index contributed by atoms with van der Waals surface area (Å²) in [6.07, 6.45) is 0. The molecule has 0 saturated heterocycles. The van der Waals surface area contributed by atoms with Crippen LogP contribution < -0.4 is 29.6 Å². The fourth-order valence-corrected chi connectivity index (χ4v) is 0.836. The molecule has 0 atom stereocenters. The average molecular weight is 195 g/mol. The van der Waals surface area contributed by atoms with Crippen molar-refractivity contribution in [2.45, 2.75) is 6.92 Å². The van der Waals surface area contributed by atoms with Gasteiger partial charge in [0.15, 0.2) is 0 Å². The second-order valence-corrected chi connectivity index (χ2v) is 2.60. The third kappa shape index (κ3) is 2.85. The van der Waals surface area contributed by atoms with E-state index in [9.17, 15) is 0 Å². The molecule has 44 valence electrons. The fourth-order valence-electron chi connectivity index (χ4n) is 0.551. The Morgan fingerprint density at radius 1 is 1.33 bits per heavy atom. The van der Waals surface area contributed by atoms with Crippen molar-refractivity contribution in [3.05, 3.63) is 34.3 Å². The van der Waals surface area contributed by atoms with Crippen LogP contribution in [-0.2, 0) is 0 Å². The third-order valence-electron chi connectivity index (χ3n) is 1.08. The Balaban J connectivity index is 0. The van der Waals surface area contributed by atoms with Crippen LogP contribution >= 0.6 is 15.9 Å². The number of aryl methyl sites for hydroxylation is 1. The van der Waals surface area contributed by atoms with Crippen LogP contribution in [0.3, 0.4) is 0 Å². The maximum Gasteiger partial charge on any atom is 1.00 e. The van der Waals surface area contributed by atoms with Crippen LogP contribution in [0.25, 0.3) is 0 Å². The summed E-state index contributed by atoms with van der Waals surface area (Å²) in [5.41, 5.74) is 1.28. The topological polar surface area (TPSA) is 0 Å². The smallest absolute Gasteiger partial charge is 1.00 e. The molecule has 0 aromatic heterocycles. The molecular formula is C7H8BrNa. The summed E-state index contributed by atoms with van der Waals surface area (Å²) in [6, 6.07) is 8.15. The first-order valence-electron chi connectivity index (χ1n) is 2.52. The van der Waals surface area contributed by atoms with Gasteiger partial charge in [-0.25, -0.2) is 0 Å². The second kappa shape index (κ2) is 4.51. The Kier molecular flexibility index (Phi) is 4.86. The monoisotopic (exact) mass is 194 g/mol. The first-order valence-corrected chi connectivity index (χ1v) is 3.31. The minimum absolute atomic E-state index is 0. The molecule has 9 heavy (non-hydrogen) atoms. The van der Waals surface area contributed by atoms with Crippen molar-refractivity contribution in [1.82, 2.24) is 0 Å². The summed E-state index contributed by atoms with van der Waals surface area (Å²) >= 11 is 3.40. The summed E-state index contributed by atoms with van der Waals surface area (Å²) < 4.78 is 1.18. The SMILES string of the molecule is Cc1ccccc1Br.[H-].[Na+]. The van der Waals surface area contributed by atoms with Crippen LogP contribution in [0, 0.1) is 6.92 Å². The molecule has 0 aliphatic heterocycles. The van der Waals surface area contributed by atoms with Gasteiger partial charge in [-0.15, -0.1) is 0 Å². The second-order valence-electron chi connectivity index (χ2n) is 1.75. The Morgan fingerprint density at radius 2 is 1.89 bits per heavy atom. The number of hydrogen-bond acceptors (Lipinski definition) is 0. The Labute approximate surface area is 87.6 Å². The van der Waals surface area contributed by atoms with Gasteiger partial charge in [-0.2, -0.15) is 0 Å². The van der Waals surface area contributed by atoms with E-state index in [0.29, 0.717) is 0 Å². The summed E-state index contributed by atoms with van der Waals surface area (Å²) in [6.45, 7) is 2.07. The first-order chi connectivity index (χ1) is 3.80. The van der Waals surface area contributed by atoms with E-state index in [1.54, 1.807) is 0 Å². The summed E-state index contributed by atoms with van der Waals surface area (Å²) in [5, 5.41) is 0. The van der Waals surface area contributed by atoms with Crippen molar-refractivity contribution in [3.8, 4) is 0 Å². The van der Waals surface area contributed by atoms with E-state index in [2.05, 4.69) is 28.9 Å². The Bertz CT molecular complexity index is 170. The number of rotatable bonds is 0. The van der Waals surface area contributed by atoms with Crippen molar-refractivity contribution >= 4 is 15.9 Å². The molecule has 0 fully saturated rings. The molecule has 2 heteroatoms. The minimum Gasteiger partial charge on any atom is -1.00 e. The van der Waals surface area contributed by atoms with Gasteiger partial charge in [-0.05, 0) is 18.6 Å². The van der Waals surface area contributed by atoms with Crippen molar-refractivity contribution in [2.24, 2.45) is 0 Å². The number of hydrogen-bond donors (Lipinski definition) is 0. The first kappa shape index (κ1) is 9.70. The molecule has 0 nitrogen and oxygen atoms in total. The van der Waals surface area contributed by atoms with E-state index >= 15 is 0 Å². The van der Waals surface area contributed by atoms with Crippen molar-refractivity contribution in [3.63, 3.8) is 0 Å². The minimum atomic E-state index is 0. The van der Waals surface area contributed by atoms with E-state index < -0.39 is 0 Å². The van der Waals surface area contributed by atoms with Gasteiger partial charge in [0.25, 0.3) is 0 Å².